The molecule has 0 unspecified atom stereocenters. The summed E-state index contributed by atoms with van der Waals surface area (Å²) in [5.41, 5.74) is 1.49. The number of hydrogen-bond donors (Lipinski definition) is 1. The SMILES string of the molecule is O=C(Nc1ccc2n(c1=O)C[C@H]1C[C@@H]2CN(CC2CCCCC2)C1)c1cccs1. The molecule has 2 bridgehead atoms. The third-order valence-electron chi connectivity index (χ3n) is 6.91. The average molecular weight is 412 g/mol. The van der Waals surface area contributed by atoms with Crippen molar-refractivity contribution in [2.24, 2.45) is 11.8 Å². The number of nitrogens with one attached hydrogen (secondary N) is 1. The van der Waals surface area contributed by atoms with Crippen molar-refractivity contribution in [2.45, 2.75) is 51.0 Å². The summed E-state index contributed by atoms with van der Waals surface area (Å²) in [6, 6.07) is 7.50. The maximum Gasteiger partial charge on any atom is 0.274 e. The molecule has 2 atom stereocenters. The molecule has 0 radical (unpaired) electrons. The van der Waals surface area contributed by atoms with Gasteiger partial charge in [-0.1, -0.05) is 25.3 Å². The van der Waals surface area contributed by atoms with E-state index in [1.165, 1.54) is 56.4 Å². The summed E-state index contributed by atoms with van der Waals surface area (Å²) in [7, 11) is 0. The van der Waals surface area contributed by atoms with Gasteiger partial charge in [0.15, 0.2) is 0 Å². The highest BCUT2D eigenvalue weighted by Gasteiger charge is 2.35. The highest BCUT2D eigenvalue weighted by Crippen LogP contribution is 2.36. The number of rotatable bonds is 4. The minimum atomic E-state index is -0.202. The van der Waals surface area contributed by atoms with Crippen molar-refractivity contribution in [1.29, 1.82) is 0 Å². The molecule has 2 aliphatic heterocycles. The molecule has 5 nitrogen and oxygen atoms in total. The number of nitrogens with zero attached hydrogens (tertiary/aromatic N) is 2. The van der Waals surface area contributed by atoms with Crippen molar-refractivity contribution >= 4 is 22.9 Å². The molecule has 2 aromatic rings. The summed E-state index contributed by atoms with van der Waals surface area (Å²) >= 11 is 1.39. The van der Waals surface area contributed by atoms with Crippen molar-refractivity contribution in [2.75, 3.05) is 25.0 Å². The molecule has 4 heterocycles. The van der Waals surface area contributed by atoms with E-state index in [-0.39, 0.29) is 11.5 Å². The van der Waals surface area contributed by atoms with Crippen LogP contribution in [0.4, 0.5) is 5.69 Å². The summed E-state index contributed by atoms with van der Waals surface area (Å²) in [6.45, 7) is 4.17. The second-order valence-electron chi connectivity index (χ2n) is 9.04. The Bertz CT molecular complexity index is 930. The lowest BCUT2D eigenvalue weighted by Gasteiger charge is -2.44. The van der Waals surface area contributed by atoms with Crippen LogP contribution in [-0.4, -0.2) is 35.0 Å². The van der Waals surface area contributed by atoms with Crippen molar-refractivity contribution in [1.82, 2.24) is 9.47 Å². The molecular weight excluding hydrogens is 382 g/mol. The summed E-state index contributed by atoms with van der Waals surface area (Å²) in [4.78, 5) is 28.7. The van der Waals surface area contributed by atoms with Crippen LogP contribution >= 0.6 is 11.3 Å². The molecular formula is C23H29N3O2S. The molecule has 5 rings (SSSR count). The zero-order valence-electron chi connectivity index (χ0n) is 16.8. The summed E-state index contributed by atoms with van der Waals surface area (Å²) in [5, 5.41) is 4.69. The lowest BCUT2D eigenvalue weighted by molar-refractivity contribution is 0.0967. The fourth-order valence-corrected chi connectivity index (χ4v) is 6.23. The number of piperidine rings is 1. The van der Waals surface area contributed by atoms with Crippen molar-refractivity contribution < 1.29 is 4.79 Å². The van der Waals surface area contributed by atoms with Gasteiger partial charge < -0.3 is 14.8 Å². The first kappa shape index (κ1) is 19.1. The molecule has 0 spiro atoms. The van der Waals surface area contributed by atoms with Crippen LogP contribution in [0.5, 0.6) is 0 Å². The van der Waals surface area contributed by atoms with E-state index in [1.807, 2.05) is 16.0 Å². The number of amides is 1. The quantitative estimate of drug-likeness (QED) is 0.822. The number of hydrogen-bond acceptors (Lipinski definition) is 4. The highest BCUT2D eigenvalue weighted by atomic mass is 32.1. The van der Waals surface area contributed by atoms with E-state index < -0.39 is 0 Å². The van der Waals surface area contributed by atoms with Gasteiger partial charge in [0, 0.05) is 37.8 Å². The van der Waals surface area contributed by atoms with E-state index in [1.54, 1.807) is 12.1 Å². The van der Waals surface area contributed by atoms with Crippen molar-refractivity contribution in [3.05, 3.63) is 50.6 Å². The number of thiophene rings is 1. The second kappa shape index (κ2) is 8.07. The van der Waals surface area contributed by atoms with Crippen LogP contribution in [0, 0.1) is 11.8 Å². The average Bonchev–Trinajstić information content (AvgIpc) is 3.26. The molecule has 1 saturated heterocycles. The predicted octanol–water partition coefficient (Wildman–Crippen LogP) is 4.16. The molecule has 2 fully saturated rings. The van der Waals surface area contributed by atoms with Gasteiger partial charge in [-0.25, -0.2) is 0 Å². The van der Waals surface area contributed by atoms with Crippen molar-refractivity contribution in [3.8, 4) is 0 Å². The molecule has 1 aliphatic carbocycles. The Kier molecular flexibility index (Phi) is 5.31. The highest BCUT2D eigenvalue weighted by molar-refractivity contribution is 7.12. The molecule has 1 amide bonds. The van der Waals surface area contributed by atoms with E-state index in [0.717, 1.165) is 31.2 Å². The van der Waals surface area contributed by atoms with E-state index in [9.17, 15) is 9.59 Å². The number of carbonyl (C=O) groups excluding carboxylic acids is 1. The van der Waals surface area contributed by atoms with E-state index in [2.05, 4.69) is 16.3 Å². The lowest BCUT2D eigenvalue weighted by Crippen LogP contribution is -2.48. The first-order chi connectivity index (χ1) is 14.2. The third-order valence-corrected chi connectivity index (χ3v) is 7.78. The Balaban J connectivity index is 1.32. The van der Waals surface area contributed by atoms with Crippen LogP contribution < -0.4 is 10.9 Å². The van der Waals surface area contributed by atoms with Gasteiger partial charge in [0.1, 0.15) is 5.69 Å². The normalized spacial score (nSPS) is 24.8. The smallest absolute Gasteiger partial charge is 0.274 e. The van der Waals surface area contributed by atoms with Gasteiger partial charge in [0.05, 0.1) is 4.88 Å². The molecule has 6 heteroatoms. The van der Waals surface area contributed by atoms with Gasteiger partial charge in [-0.05, 0) is 54.7 Å². The predicted molar refractivity (Wildman–Crippen MR) is 117 cm³/mol. The van der Waals surface area contributed by atoms with Gasteiger partial charge in [0.2, 0.25) is 0 Å². The molecule has 3 aliphatic rings. The maximum atomic E-state index is 13.1. The number of anilines is 1. The fraction of sp³-hybridized carbons (Fsp3) is 0.565. The Morgan fingerprint density at radius 2 is 1.97 bits per heavy atom. The van der Waals surface area contributed by atoms with Gasteiger partial charge in [-0.3, -0.25) is 9.59 Å². The van der Waals surface area contributed by atoms with Gasteiger partial charge in [-0.2, -0.15) is 0 Å². The number of pyridine rings is 1. The van der Waals surface area contributed by atoms with Crippen LogP contribution in [0.15, 0.2) is 34.4 Å². The Morgan fingerprint density at radius 1 is 1.10 bits per heavy atom. The Labute approximate surface area is 175 Å². The van der Waals surface area contributed by atoms with Crippen LogP contribution in [0.2, 0.25) is 0 Å². The summed E-state index contributed by atoms with van der Waals surface area (Å²) in [6.07, 6.45) is 8.14. The number of carbonyl (C=O) groups is 1. The largest absolute Gasteiger partial charge is 0.317 e. The first-order valence-electron chi connectivity index (χ1n) is 11.0. The molecule has 29 heavy (non-hydrogen) atoms. The minimum Gasteiger partial charge on any atom is -0.317 e. The van der Waals surface area contributed by atoms with Gasteiger partial charge >= 0.3 is 0 Å². The Morgan fingerprint density at radius 3 is 2.76 bits per heavy atom. The molecule has 154 valence electrons. The van der Waals surface area contributed by atoms with Crippen LogP contribution in [0.1, 0.15) is 59.8 Å². The lowest BCUT2D eigenvalue weighted by atomic mass is 9.81. The van der Waals surface area contributed by atoms with Crippen LogP contribution in [0.25, 0.3) is 0 Å². The van der Waals surface area contributed by atoms with E-state index >= 15 is 0 Å². The zero-order valence-corrected chi connectivity index (χ0v) is 17.6. The third kappa shape index (κ3) is 3.92. The fourth-order valence-electron chi connectivity index (χ4n) is 5.62. The topological polar surface area (TPSA) is 54.3 Å². The first-order valence-corrected chi connectivity index (χ1v) is 11.9. The summed E-state index contributed by atoms with van der Waals surface area (Å²) < 4.78 is 1.93. The Hall–Kier alpha value is -1.92. The van der Waals surface area contributed by atoms with Crippen molar-refractivity contribution in [3.63, 3.8) is 0 Å². The standard InChI is InChI=1S/C23H29N3O2S/c27-22(21-7-4-10-29-21)24-19-8-9-20-18-11-17(14-26(20)23(19)28)13-25(15-18)12-16-5-2-1-3-6-16/h4,7-10,16-18H,1-3,5-6,11-15H2,(H,24,27)/t17-,18+/m0/s1. The molecule has 2 aromatic heterocycles. The molecule has 1 saturated carbocycles. The molecule has 1 N–H and O–H groups in total. The van der Waals surface area contributed by atoms with Crippen LogP contribution in [0.3, 0.4) is 0 Å². The number of fused-ring (bicyclic) bond motifs is 4. The zero-order chi connectivity index (χ0) is 19.8. The second-order valence-corrected chi connectivity index (χ2v) is 9.99. The van der Waals surface area contributed by atoms with Gasteiger partial charge in [-0.15, -0.1) is 11.3 Å². The summed E-state index contributed by atoms with van der Waals surface area (Å²) in [5.74, 6) is 1.62. The van der Waals surface area contributed by atoms with E-state index in [4.69, 9.17) is 0 Å². The number of likely N-dealkylation sites (tertiary alicyclic amines) is 1. The van der Waals surface area contributed by atoms with Gasteiger partial charge in [0.25, 0.3) is 11.5 Å². The monoisotopic (exact) mass is 411 g/mol. The molecule has 0 aromatic carbocycles. The number of aromatic nitrogens is 1. The minimum absolute atomic E-state index is 0.0529. The maximum absolute atomic E-state index is 13.1. The van der Waals surface area contributed by atoms with E-state index in [0.29, 0.717) is 22.4 Å². The van der Waals surface area contributed by atoms with Crippen LogP contribution in [-0.2, 0) is 6.54 Å².